The summed E-state index contributed by atoms with van der Waals surface area (Å²) in [6, 6.07) is 5.48. The molecule has 1 aliphatic heterocycles. The Balaban J connectivity index is 1.78. The number of rotatable bonds is 4. The van der Waals surface area contributed by atoms with Gasteiger partial charge in [-0.05, 0) is 57.5 Å². The number of piperidine rings is 1. The minimum Gasteiger partial charge on any atom is -0.304 e. The van der Waals surface area contributed by atoms with Crippen LogP contribution in [0.4, 0.5) is 0 Å². The van der Waals surface area contributed by atoms with Crippen molar-refractivity contribution in [2.24, 2.45) is 0 Å². The van der Waals surface area contributed by atoms with E-state index in [1.165, 1.54) is 0 Å². The topological polar surface area (TPSA) is 71.0 Å². The zero-order chi connectivity index (χ0) is 18.2. The van der Waals surface area contributed by atoms with Crippen LogP contribution in [-0.2, 0) is 16.6 Å². The van der Waals surface area contributed by atoms with Crippen molar-refractivity contribution in [1.82, 2.24) is 19.1 Å². The zero-order valence-corrected chi connectivity index (χ0v) is 16.5. The van der Waals surface area contributed by atoms with E-state index in [2.05, 4.69) is 10.2 Å². The van der Waals surface area contributed by atoms with Gasteiger partial charge in [-0.2, -0.15) is 9.40 Å². The second kappa shape index (κ2) is 7.01. The standard InChI is InChI=1S/C17H24N4O2S2/c1-4-21-16(18-19-17(21)24)14-7-9-20(10-8-14)25(22,23)15-6-5-12(2)11-13(15)3/h5-6,11,14H,4,7-10H2,1-3H3,(H,19,24). The van der Waals surface area contributed by atoms with E-state index < -0.39 is 10.0 Å². The number of hydrogen-bond donors (Lipinski definition) is 1. The highest BCUT2D eigenvalue weighted by molar-refractivity contribution is 7.89. The van der Waals surface area contributed by atoms with Crippen molar-refractivity contribution >= 4 is 22.2 Å². The average molecular weight is 381 g/mol. The van der Waals surface area contributed by atoms with Gasteiger partial charge in [0.15, 0.2) is 4.77 Å². The molecule has 0 spiro atoms. The molecule has 6 nitrogen and oxygen atoms in total. The molecule has 0 bridgehead atoms. The lowest BCUT2D eigenvalue weighted by Gasteiger charge is -2.31. The molecule has 1 saturated heterocycles. The summed E-state index contributed by atoms with van der Waals surface area (Å²) >= 11 is 5.25. The van der Waals surface area contributed by atoms with Crippen LogP contribution in [0.5, 0.6) is 0 Å². The third-order valence-corrected chi connectivity index (χ3v) is 7.24. The van der Waals surface area contributed by atoms with Crippen molar-refractivity contribution in [3.63, 3.8) is 0 Å². The summed E-state index contributed by atoms with van der Waals surface area (Å²) in [5.74, 6) is 1.18. The second-order valence-corrected chi connectivity index (χ2v) is 8.87. The van der Waals surface area contributed by atoms with Gasteiger partial charge in [-0.15, -0.1) is 0 Å². The van der Waals surface area contributed by atoms with Gasteiger partial charge in [0.05, 0.1) is 4.90 Å². The molecule has 8 heteroatoms. The van der Waals surface area contributed by atoms with E-state index in [1.54, 1.807) is 10.4 Å². The predicted molar refractivity (Wildman–Crippen MR) is 99.7 cm³/mol. The fraction of sp³-hybridized carbons (Fsp3) is 0.529. The molecule has 2 heterocycles. The number of H-pyrrole nitrogens is 1. The first kappa shape index (κ1) is 18.3. The number of hydrogen-bond acceptors (Lipinski definition) is 4. The molecule has 0 unspecified atom stereocenters. The van der Waals surface area contributed by atoms with Gasteiger partial charge in [0.25, 0.3) is 0 Å². The molecule has 1 N–H and O–H groups in total. The molecule has 2 aromatic rings. The molecular weight excluding hydrogens is 356 g/mol. The van der Waals surface area contributed by atoms with Crippen molar-refractivity contribution < 1.29 is 8.42 Å². The number of aromatic amines is 1. The average Bonchev–Trinajstić information content (AvgIpc) is 2.95. The fourth-order valence-corrected chi connectivity index (χ4v) is 5.47. The summed E-state index contributed by atoms with van der Waals surface area (Å²) in [6.45, 7) is 7.63. The minimum absolute atomic E-state index is 0.235. The summed E-state index contributed by atoms with van der Waals surface area (Å²) < 4.78 is 30.2. The zero-order valence-electron chi connectivity index (χ0n) is 14.8. The maximum atomic E-state index is 13.0. The molecule has 1 aliphatic rings. The van der Waals surface area contributed by atoms with Crippen LogP contribution in [0.25, 0.3) is 0 Å². The molecule has 1 aromatic carbocycles. The van der Waals surface area contributed by atoms with E-state index in [0.29, 0.717) is 22.8 Å². The van der Waals surface area contributed by atoms with Gasteiger partial charge >= 0.3 is 0 Å². The Hall–Kier alpha value is -1.51. The Bertz CT molecular complexity index is 922. The Morgan fingerprint density at radius 2 is 1.96 bits per heavy atom. The summed E-state index contributed by atoms with van der Waals surface area (Å²) in [5.41, 5.74) is 1.87. The van der Waals surface area contributed by atoms with Gasteiger partial charge < -0.3 is 4.57 Å². The van der Waals surface area contributed by atoms with Crippen LogP contribution < -0.4 is 0 Å². The molecule has 0 amide bonds. The highest BCUT2D eigenvalue weighted by Crippen LogP contribution is 2.30. The monoisotopic (exact) mass is 380 g/mol. The fourth-order valence-electron chi connectivity index (χ4n) is 3.53. The number of nitrogens with zero attached hydrogens (tertiary/aromatic N) is 3. The first-order valence-corrected chi connectivity index (χ1v) is 10.4. The van der Waals surface area contributed by atoms with Crippen LogP contribution in [0.15, 0.2) is 23.1 Å². The quantitative estimate of drug-likeness (QED) is 0.827. The van der Waals surface area contributed by atoms with Gasteiger partial charge in [0.2, 0.25) is 10.0 Å². The van der Waals surface area contributed by atoms with Gasteiger partial charge in [-0.1, -0.05) is 17.7 Å². The van der Waals surface area contributed by atoms with Crippen LogP contribution >= 0.6 is 12.2 Å². The third kappa shape index (κ3) is 3.43. The summed E-state index contributed by atoms with van der Waals surface area (Å²) in [6.07, 6.45) is 1.51. The van der Waals surface area contributed by atoms with E-state index in [0.717, 1.165) is 36.3 Å². The largest absolute Gasteiger partial charge is 0.304 e. The highest BCUT2D eigenvalue weighted by atomic mass is 32.2. The van der Waals surface area contributed by atoms with Crippen LogP contribution in [0.3, 0.4) is 0 Å². The predicted octanol–water partition coefficient (Wildman–Crippen LogP) is 3.15. The van der Waals surface area contributed by atoms with E-state index in [9.17, 15) is 8.42 Å². The second-order valence-electron chi connectivity index (χ2n) is 6.58. The summed E-state index contributed by atoms with van der Waals surface area (Å²) in [4.78, 5) is 0.410. The van der Waals surface area contributed by atoms with Crippen LogP contribution in [-0.4, -0.2) is 40.6 Å². The Morgan fingerprint density at radius 3 is 2.56 bits per heavy atom. The summed E-state index contributed by atoms with van der Waals surface area (Å²) in [7, 11) is -3.45. The molecule has 25 heavy (non-hydrogen) atoms. The molecule has 136 valence electrons. The van der Waals surface area contributed by atoms with Gasteiger partial charge in [0.1, 0.15) is 5.82 Å². The number of sulfonamides is 1. The molecular formula is C17H24N4O2S2. The number of aryl methyl sites for hydroxylation is 2. The Labute approximate surface area is 153 Å². The normalized spacial score (nSPS) is 17.1. The Morgan fingerprint density at radius 1 is 1.28 bits per heavy atom. The number of benzene rings is 1. The van der Waals surface area contributed by atoms with Crippen molar-refractivity contribution in [3.05, 3.63) is 39.9 Å². The van der Waals surface area contributed by atoms with Crippen molar-refractivity contribution in [2.75, 3.05) is 13.1 Å². The van der Waals surface area contributed by atoms with Crippen molar-refractivity contribution in [3.8, 4) is 0 Å². The van der Waals surface area contributed by atoms with Crippen molar-refractivity contribution in [1.29, 1.82) is 0 Å². The Kier molecular flexibility index (Phi) is 5.13. The molecule has 0 saturated carbocycles. The molecule has 0 atom stereocenters. The minimum atomic E-state index is -3.45. The summed E-state index contributed by atoms with van der Waals surface area (Å²) in [5, 5.41) is 7.21. The maximum Gasteiger partial charge on any atom is 0.243 e. The van der Waals surface area contributed by atoms with Gasteiger partial charge in [-0.25, -0.2) is 8.42 Å². The first-order chi connectivity index (χ1) is 11.8. The number of aromatic nitrogens is 3. The molecule has 3 rings (SSSR count). The molecule has 1 fully saturated rings. The van der Waals surface area contributed by atoms with Crippen LogP contribution in [0, 0.1) is 18.6 Å². The molecule has 1 aromatic heterocycles. The lowest BCUT2D eigenvalue weighted by Crippen LogP contribution is -2.38. The lowest BCUT2D eigenvalue weighted by molar-refractivity contribution is 0.309. The van der Waals surface area contributed by atoms with Gasteiger partial charge in [0, 0.05) is 25.6 Å². The highest BCUT2D eigenvalue weighted by Gasteiger charge is 2.32. The lowest BCUT2D eigenvalue weighted by atomic mass is 9.97. The molecule has 0 aliphatic carbocycles. The molecule has 0 radical (unpaired) electrons. The third-order valence-electron chi connectivity index (χ3n) is 4.87. The van der Waals surface area contributed by atoms with Crippen LogP contribution in [0.2, 0.25) is 0 Å². The first-order valence-electron chi connectivity index (χ1n) is 8.57. The van der Waals surface area contributed by atoms with E-state index >= 15 is 0 Å². The van der Waals surface area contributed by atoms with Gasteiger partial charge in [-0.3, -0.25) is 5.10 Å². The van der Waals surface area contributed by atoms with E-state index in [1.807, 2.05) is 37.5 Å². The van der Waals surface area contributed by atoms with E-state index in [4.69, 9.17) is 12.2 Å². The van der Waals surface area contributed by atoms with Crippen LogP contribution in [0.1, 0.15) is 42.6 Å². The maximum absolute atomic E-state index is 13.0. The number of nitrogens with one attached hydrogen (secondary N) is 1. The van der Waals surface area contributed by atoms with Crippen molar-refractivity contribution in [2.45, 2.75) is 51.0 Å². The van der Waals surface area contributed by atoms with E-state index in [-0.39, 0.29) is 5.92 Å². The smallest absolute Gasteiger partial charge is 0.243 e. The SMILES string of the molecule is CCn1c(C2CCN(S(=O)(=O)c3ccc(C)cc3C)CC2)n[nH]c1=S.